The molecule has 2 aliphatic rings. The van der Waals surface area contributed by atoms with Crippen molar-refractivity contribution in [2.75, 3.05) is 19.7 Å². The number of phenols is 1. The molecule has 2 aliphatic heterocycles. The number of carbonyl (C=O) groups is 2. The predicted molar refractivity (Wildman–Crippen MR) is 109 cm³/mol. The van der Waals surface area contributed by atoms with Crippen molar-refractivity contribution in [3.05, 3.63) is 36.0 Å². The van der Waals surface area contributed by atoms with E-state index in [9.17, 15) is 14.7 Å². The monoisotopic (exact) mass is 397 g/mol. The number of para-hydroxylation sites is 1. The van der Waals surface area contributed by atoms with Gasteiger partial charge >= 0.3 is 6.09 Å². The van der Waals surface area contributed by atoms with E-state index in [1.165, 1.54) is 0 Å². The standard InChI is InChI=1S/C22H27N3O4/c1-3-14(2)18-13-29-22(28)25(18)16-9-11-24(12-10-16)21(27)17-8-7-15-5-4-6-19(26)20(15)23-17/h4-8,14,16,18,26H,3,9-13H2,1-2H3/t14-,18-/m0/s1. The average molecular weight is 397 g/mol. The Kier molecular flexibility index (Phi) is 5.30. The maximum absolute atomic E-state index is 12.9. The summed E-state index contributed by atoms with van der Waals surface area (Å²) in [5.41, 5.74) is 0.764. The summed E-state index contributed by atoms with van der Waals surface area (Å²) in [4.78, 5) is 33.3. The van der Waals surface area contributed by atoms with Crippen LogP contribution in [-0.2, 0) is 4.74 Å². The van der Waals surface area contributed by atoms with Crippen LogP contribution in [-0.4, -0.2) is 63.7 Å². The van der Waals surface area contributed by atoms with Crippen LogP contribution in [0.2, 0.25) is 0 Å². The number of nitrogens with zero attached hydrogens (tertiary/aromatic N) is 3. The van der Waals surface area contributed by atoms with Crippen molar-refractivity contribution in [1.29, 1.82) is 0 Å². The number of likely N-dealkylation sites (tertiary alicyclic amines) is 1. The van der Waals surface area contributed by atoms with Gasteiger partial charge in [0.2, 0.25) is 0 Å². The summed E-state index contributed by atoms with van der Waals surface area (Å²) in [6.07, 6.45) is 2.22. The fourth-order valence-corrected chi connectivity index (χ4v) is 4.34. The van der Waals surface area contributed by atoms with Crippen molar-refractivity contribution in [3.8, 4) is 5.75 Å². The van der Waals surface area contributed by atoms with Crippen LogP contribution in [0.1, 0.15) is 43.6 Å². The highest BCUT2D eigenvalue weighted by atomic mass is 16.6. The number of piperidine rings is 1. The summed E-state index contributed by atoms with van der Waals surface area (Å²) in [5.74, 6) is 0.311. The minimum Gasteiger partial charge on any atom is -0.506 e. The maximum atomic E-state index is 12.9. The summed E-state index contributed by atoms with van der Waals surface area (Å²) in [5, 5.41) is 10.8. The first-order chi connectivity index (χ1) is 14.0. The van der Waals surface area contributed by atoms with Crippen molar-refractivity contribution < 1.29 is 19.4 Å². The Bertz CT molecular complexity index is 923. The molecule has 7 nitrogen and oxygen atoms in total. The molecule has 2 fully saturated rings. The van der Waals surface area contributed by atoms with E-state index >= 15 is 0 Å². The van der Waals surface area contributed by atoms with Gasteiger partial charge in [-0.15, -0.1) is 0 Å². The number of rotatable bonds is 4. The van der Waals surface area contributed by atoms with Gasteiger partial charge < -0.3 is 14.7 Å². The smallest absolute Gasteiger partial charge is 0.410 e. The number of phenolic OH excluding ortho intramolecular Hbond substituents is 1. The van der Waals surface area contributed by atoms with Crippen LogP contribution in [0.3, 0.4) is 0 Å². The molecule has 0 bridgehead atoms. The van der Waals surface area contributed by atoms with Crippen LogP contribution in [0.5, 0.6) is 5.75 Å². The molecule has 1 N–H and O–H groups in total. The van der Waals surface area contributed by atoms with Gasteiger partial charge in [0, 0.05) is 24.5 Å². The highest BCUT2D eigenvalue weighted by Gasteiger charge is 2.41. The third kappa shape index (κ3) is 3.61. The minimum absolute atomic E-state index is 0.0690. The molecule has 0 spiro atoms. The molecule has 0 aliphatic carbocycles. The molecule has 29 heavy (non-hydrogen) atoms. The molecule has 3 heterocycles. The second kappa shape index (κ2) is 7.89. The van der Waals surface area contributed by atoms with Gasteiger partial charge in [0.25, 0.3) is 5.91 Å². The second-order valence-electron chi connectivity index (χ2n) is 8.01. The van der Waals surface area contributed by atoms with E-state index in [-0.39, 0.29) is 29.8 Å². The first-order valence-electron chi connectivity index (χ1n) is 10.3. The van der Waals surface area contributed by atoms with Gasteiger partial charge in [0.1, 0.15) is 23.6 Å². The number of aromatic nitrogens is 1. The van der Waals surface area contributed by atoms with E-state index < -0.39 is 0 Å². The molecule has 1 aromatic heterocycles. The highest BCUT2D eigenvalue weighted by Crippen LogP contribution is 2.29. The lowest BCUT2D eigenvalue weighted by atomic mass is 9.95. The van der Waals surface area contributed by atoms with Gasteiger partial charge in [-0.1, -0.05) is 38.5 Å². The molecule has 7 heteroatoms. The molecular weight excluding hydrogens is 370 g/mol. The Labute approximate surface area is 170 Å². The molecule has 0 radical (unpaired) electrons. The number of ether oxygens (including phenoxy) is 1. The Morgan fingerprint density at radius 3 is 2.76 bits per heavy atom. The van der Waals surface area contributed by atoms with Crippen LogP contribution in [0.15, 0.2) is 30.3 Å². The summed E-state index contributed by atoms with van der Waals surface area (Å²) >= 11 is 0. The van der Waals surface area contributed by atoms with E-state index in [1.807, 2.05) is 11.0 Å². The first kappa shape index (κ1) is 19.5. The van der Waals surface area contributed by atoms with E-state index in [1.54, 1.807) is 29.2 Å². The summed E-state index contributed by atoms with van der Waals surface area (Å²) in [6.45, 7) is 5.87. The van der Waals surface area contributed by atoms with Gasteiger partial charge in [0.05, 0.1) is 6.04 Å². The van der Waals surface area contributed by atoms with Crippen LogP contribution in [0, 0.1) is 5.92 Å². The van der Waals surface area contributed by atoms with Crippen LogP contribution in [0.4, 0.5) is 4.79 Å². The van der Waals surface area contributed by atoms with E-state index in [2.05, 4.69) is 18.8 Å². The molecule has 154 valence electrons. The molecule has 2 atom stereocenters. The lowest BCUT2D eigenvalue weighted by Crippen LogP contribution is -2.51. The Morgan fingerprint density at radius 1 is 1.28 bits per heavy atom. The molecule has 2 amide bonds. The fourth-order valence-electron chi connectivity index (χ4n) is 4.34. The Hall–Kier alpha value is -2.83. The van der Waals surface area contributed by atoms with Gasteiger partial charge in [-0.05, 0) is 30.9 Å². The zero-order valence-electron chi connectivity index (χ0n) is 16.9. The topological polar surface area (TPSA) is 83.0 Å². The molecule has 1 aromatic carbocycles. The molecule has 2 aromatic rings. The normalized spacial score (nSPS) is 21.4. The van der Waals surface area contributed by atoms with Crippen molar-refractivity contribution in [2.45, 2.75) is 45.2 Å². The van der Waals surface area contributed by atoms with Crippen molar-refractivity contribution in [1.82, 2.24) is 14.8 Å². The zero-order chi connectivity index (χ0) is 20.5. The Balaban J connectivity index is 1.45. The highest BCUT2D eigenvalue weighted by molar-refractivity contribution is 5.96. The van der Waals surface area contributed by atoms with Gasteiger partial charge in [0.15, 0.2) is 0 Å². The first-order valence-corrected chi connectivity index (χ1v) is 10.3. The molecule has 4 rings (SSSR count). The number of cyclic esters (lactones) is 1. The fraction of sp³-hybridized carbons (Fsp3) is 0.500. The average Bonchev–Trinajstić information content (AvgIpc) is 3.14. The van der Waals surface area contributed by atoms with Crippen LogP contribution in [0.25, 0.3) is 10.9 Å². The van der Waals surface area contributed by atoms with E-state index in [4.69, 9.17) is 4.74 Å². The molecule has 0 saturated carbocycles. The second-order valence-corrected chi connectivity index (χ2v) is 8.01. The van der Waals surface area contributed by atoms with E-state index in [0.717, 1.165) is 24.6 Å². The number of pyridine rings is 1. The van der Waals surface area contributed by atoms with Crippen LogP contribution < -0.4 is 0 Å². The third-order valence-electron chi connectivity index (χ3n) is 6.31. The summed E-state index contributed by atoms with van der Waals surface area (Å²) < 4.78 is 5.32. The third-order valence-corrected chi connectivity index (χ3v) is 6.31. The lowest BCUT2D eigenvalue weighted by molar-refractivity contribution is 0.0610. The van der Waals surface area contributed by atoms with E-state index in [0.29, 0.717) is 36.8 Å². The predicted octanol–water partition coefficient (Wildman–Crippen LogP) is 3.41. The molecule has 0 unspecified atom stereocenters. The maximum Gasteiger partial charge on any atom is 0.410 e. The van der Waals surface area contributed by atoms with Crippen molar-refractivity contribution >= 4 is 22.9 Å². The number of fused-ring (bicyclic) bond motifs is 1. The van der Waals surface area contributed by atoms with Gasteiger partial charge in [-0.3, -0.25) is 9.69 Å². The minimum atomic E-state index is -0.230. The summed E-state index contributed by atoms with van der Waals surface area (Å²) in [6, 6.07) is 8.89. The largest absolute Gasteiger partial charge is 0.506 e. The van der Waals surface area contributed by atoms with Crippen LogP contribution >= 0.6 is 0 Å². The number of hydrogen-bond donors (Lipinski definition) is 1. The number of carbonyl (C=O) groups excluding carboxylic acids is 2. The zero-order valence-corrected chi connectivity index (χ0v) is 16.9. The van der Waals surface area contributed by atoms with Crippen molar-refractivity contribution in [2.24, 2.45) is 5.92 Å². The number of amides is 2. The number of hydrogen-bond acceptors (Lipinski definition) is 5. The Morgan fingerprint density at radius 2 is 2.03 bits per heavy atom. The quantitative estimate of drug-likeness (QED) is 0.855. The number of aromatic hydroxyl groups is 1. The molecular formula is C22H27N3O4. The van der Waals surface area contributed by atoms with Gasteiger partial charge in [-0.25, -0.2) is 9.78 Å². The van der Waals surface area contributed by atoms with Gasteiger partial charge in [-0.2, -0.15) is 0 Å². The van der Waals surface area contributed by atoms with Crippen molar-refractivity contribution in [3.63, 3.8) is 0 Å². The SMILES string of the molecule is CC[C@H](C)[C@@H]1COC(=O)N1C1CCN(C(=O)c2ccc3cccc(O)c3n2)CC1. The lowest BCUT2D eigenvalue weighted by Gasteiger charge is -2.39. The molecule has 2 saturated heterocycles. The number of benzene rings is 1. The summed E-state index contributed by atoms with van der Waals surface area (Å²) in [7, 11) is 0.